The first-order chi connectivity index (χ1) is 7.67. The maximum Gasteiger partial charge on any atom is 0.127 e. The van der Waals surface area contributed by atoms with Crippen LogP contribution in [0.15, 0.2) is 12.1 Å². The molecule has 1 N–H and O–H groups in total. The van der Waals surface area contributed by atoms with Crippen LogP contribution in [0.3, 0.4) is 0 Å². The summed E-state index contributed by atoms with van der Waals surface area (Å²) in [6.07, 6.45) is 4.82. The van der Waals surface area contributed by atoms with Crippen molar-refractivity contribution in [3.8, 4) is 6.07 Å². The van der Waals surface area contributed by atoms with E-state index in [2.05, 4.69) is 23.3 Å². The molecule has 3 nitrogen and oxygen atoms in total. The van der Waals surface area contributed by atoms with Crippen LogP contribution in [0.1, 0.15) is 43.9 Å². The van der Waals surface area contributed by atoms with Crippen molar-refractivity contribution in [3.05, 3.63) is 23.4 Å². The van der Waals surface area contributed by atoms with E-state index in [1.165, 1.54) is 19.3 Å². The van der Waals surface area contributed by atoms with Crippen molar-refractivity contribution in [2.75, 3.05) is 5.32 Å². The number of hydrogen-bond donors (Lipinski definition) is 1. The van der Waals surface area contributed by atoms with Crippen molar-refractivity contribution in [1.29, 1.82) is 5.26 Å². The van der Waals surface area contributed by atoms with Gasteiger partial charge in [0.2, 0.25) is 0 Å². The van der Waals surface area contributed by atoms with Gasteiger partial charge in [-0.1, -0.05) is 6.92 Å². The Labute approximate surface area is 96.5 Å². The number of aromatic nitrogens is 1. The number of pyridine rings is 1. The maximum atomic E-state index is 8.91. The van der Waals surface area contributed by atoms with Gasteiger partial charge in [0.1, 0.15) is 5.82 Å². The number of nitrogens with one attached hydrogen (secondary N) is 1. The summed E-state index contributed by atoms with van der Waals surface area (Å²) in [5, 5.41) is 12.4. The summed E-state index contributed by atoms with van der Waals surface area (Å²) >= 11 is 0. The lowest BCUT2D eigenvalue weighted by atomic mass is 9.75. The zero-order valence-corrected chi connectivity index (χ0v) is 9.88. The highest BCUT2D eigenvalue weighted by atomic mass is 15.1. The van der Waals surface area contributed by atoms with Crippen molar-refractivity contribution in [3.63, 3.8) is 0 Å². The van der Waals surface area contributed by atoms with Gasteiger partial charge in [0.15, 0.2) is 0 Å². The molecule has 1 heterocycles. The number of aryl methyl sites for hydroxylation is 1. The average molecular weight is 215 g/mol. The Balaban J connectivity index is 2.21. The van der Waals surface area contributed by atoms with E-state index < -0.39 is 0 Å². The van der Waals surface area contributed by atoms with Crippen LogP contribution in [0, 0.1) is 18.3 Å². The normalized spacial score (nSPS) is 17.3. The molecule has 0 bridgehead atoms. The van der Waals surface area contributed by atoms with Gasteiger partial charge in [-0.05, 0) is 44.7 Å². The molecule has 2 rings (SSSR count). The monoisotopic (exact) mass is 215 g/mol. The number of nitrogens with zero attached hydrogens (tertiary/aromatic N) is 2. The average Bonchev–Trinajstić information content (AvgIpc) is 2.22. The minimum atomic E-state index is 0.230. The summed E-state index contributed by atoms with van der Waals surface area (Å²) in [5.74, 6) is 0.845. The molecule has 0 saturated heterocycles. The van der Waals surface area contributed by atoms with Crippen molar-refractivity contribution in [1.82, 2.24) is 4.98 Å². The van der Waals surface area contributed by atoms with Crippen LogP contribution in [-0.4, -0.2) is 10.5 Å². The van der Waals surface area contributed by atoms with E-state index in [4.69, 9.17) is 5.26 Å². The van der Waals surface area contributed by atoms with Crippen molar-refractivity contribution < 1.29 is 0 Å². The van der Waals surface area contributed by atoms with Crippen LogP contribution in [0.4, 0.5) is 5.82 Å². The fourth-order valence-electron chi connectivity index (χ4n) is 2.24. The molecule has 0 radical (unpaired) electrons. The Kier molecular flexibility index (Phi) is 2.82. The number of rotatable bonds is 3. The van der Waals surface area contributed by atoms with Gasteiger partial charge < -0.3 is 5.32 Å². The molecule has 16 heavy (non-hydrogen) atoms. The van der Waals surface area contributed by atoms with E-state index in [1.807, 2.05) is 19.1 Å². The fraction of sp³-hybridized carbons (Fsp3) is 0.538. The lowest BCUT2D eigenvalue weighted by Crippen LogP contribution is -2.44. The van der Waals surface area contributed by atoms with E-state index in [0.29, 0.717) is 5.56 Å². The second kappa shape index (κ2) is 4.13. The third-order valence-corrected chi connectivity index (χ3v) is 3.46. The molecular weight excluding hydrogens is 198 g/mol. The fourth-order valence-corrected chi connectivity index (χ4v) is 2.24. The summed E-state index contributed by atoms with van der Waals surface area (Å²) in [6.45, 7) is 4.12. The predicted octanol–water partition coefficient (Wildman–Crippen LogP) is 3.01. The number of hydrogen-bond acceptors (Lipinski definition) is 3. The van der Waals surface area contributed by atoms with Gasteiger partial charge >= 0.3 is 0 Å². The summed E-state index contributed by atoms with van der Waals surface area (Å²) in [6, 6.07) is 5.81. The number of nitriles is 1. The van der Waals surface area contributed by atoms with Crippen LogP contribution in [0.25, 0.3) is 0 Å². The molecule has 0 spiro atoms. The van der Waals surface area contributed by atoms with Crippen LogP contribution in [-0.2, 0) is 0 Å². The topological polar surface area (TPSA) is 48.7 Å². The first-order valence-electron chi connectivity index (χ1n) is 5.84. The van der Waals surface area contributed by atoms with E-state index >= 15 is 0 Å². The molecule has 1 aliphatic rings. The summed E-state index contributed by atoms with van der Waals surface area (Å²) < 4.78 is 0. The molecule has 84 valence electrons. The first-order valence-corrected chi connectivity index (χ1v) is 5.84. The molecule has 0 atom stereocenters. The van der Waals surface area contributed by atoms with E-state index in [-0.39, 0.29) is 5.54 Å². The number of anilines is 1. The van der Waals surface area contributed by atoms with Gasteiger partial charge in [0.05, 0.1) is 11.6 Å². The van der Waals surface area contributed by atoms with Gasteiger partial charge in [0.25, 0.3) is 0 Å². The van der Waals surface area contributed by atoms with E-state index in [1.54, 1.807) is 0 Å². The minimum Gasteiger partial charge on any atom is -0.365 e. The van der Waals surface area contributed by atoms with Crippen LogP contribution in [0.2, 0.25) is 0 Å². The van der Waals surface area contributed by atoms with Crippen molar-refractivity contribution in [2.45, 2.75) is 45.1 Å². The second-order valence-corrected chi connectivity index (χ2v) is 4.61. The zero-order valence-electron chi connectivity index (χ0n) is 9.88. The highest BCUT2D eigenvalue weighted by Gasteiger charge is 2.35. The molecule has 1 aromatic rings. The lowest BCUT2D eigenvalue weighted by molar-refractivity contribution is 0.269. The quantitative estimate of drug-likeness (QED) is 0.843. The second-order valence-electron chi connectivity index (χ2n) is 4.61. The Morgan fingerprint density at radius 3 is 2.75 bits per heavy atom. The van der Waals surface area contributed by atoms with Crippen LogP contribution < -0.4 is 5.32 Å². The molecule has 0 amide bonds. The summed E-state index contributed by atoms with van der Waals surface area (Å²) in [7, 11) is 0. The highest BCUT2D eigenvalue weighted by Crippen LogP contribution is 2.37. The maximum absolute atomic E-state index is 8.91. The summed E-state index contributed by atoms with van der Waals surface area (Å²) in [4.78, 5) is 4.43. The van der Waals surface area contributed by atoms with Gasteiger partial charge in [-0.15, -0.1) is 0 Å². The van der Waals surface area contributed by atoms with Gasteiger partial charge in [-0.2, -0.15) is 5.26 Å². The molecule has 1 aliphatic carbocycles. The van der Waals surface area contributed by atoms with Crippen LogP contribution in [0.5, 0.6) is 0 Å². The molecule has 1 saturated carbocycles. The third-order valence-electron chi connectivity index (χ3n) is 3.46. The molecular formula is C13H17N3. The lowest BCUT2D eigenvalue weighted by Gasteiger charge is -2.42. The molecule has 0 unspecified atom stereocenters. The molecule has 1 aromatic heterocycles. The Morgan fingerprint density at radius 2 is 2.25 bits per heavy atom. The SMILES string of the molecule is CCC1(Nc2cc(C#N)cc(C)n2)CCC1. The van der Waals surface area contributed by atoms with E-state index in [9.17, 15) is 0 Å². The molecule has 0 aromatic carbocycles. The van der Waals surface area contributed by atoms with Gasteiger partial charge in [0, 0.05) is 11.2 Å². The van der Waals surface area contributed by atoms with Crippen LogP contribution >= 0.6 is 0 Å². The highest BCUT2D eigenvalue weighted by molar-refractivity contribution is 5.46. The Hall–Kier alpha value is -1.56. The van der Waals surface area contributed by atoms with Gasteiger partial charge in [-0.25, -0.2) is 4.98 Å². The standard InChI is InChI=1S/C13H17N3/c1-3-13(5-4-6-13)16-12-8-11(9-14)7-10(2)15-12/h7-8H,3-6H2,1-2H3,(H,15,16). The Bertz CT molecular complexity index is 422. The van der Waals surface area contributed by atoms with Crippen molar-refractivity contribution >= 4 is 5.82 Å². The smallest absolute Gasteiger partial charge is 0.127 e. The minimum absolute atomic E-state index is 0.230. The van der Waals surface area contributed by atoms with E-state index in [0.717, 1.165) is 17.9 Å². The van der Waals surface area contributed by atoms with Crippen molar-refractivity contribution in [2.24, 2.45) is 0 Å². The van der Waals surface area contributed by atoms with Gasteiger partial charge in [-0.3, -0.25) is 0 Å². The zero-order chi connectivity index (χ0) is 11.6. The summed E-state index contributed by atoms with van der Waals surface area (Å²) in [5.41, 5.74) is 1.81. The predicted molar refractivity (Wildman–Crippen MR) is 64.2 cm³/mol. The first kappa shape index (κ1) is 10.9. The molecule has 1 fully saturated rings. The Morgan fingerprint density at radius 1 is 1.50 bits per heavy atom. The third kappa shape index (κ3) is 2.01. The largest absolute Gasteiger partial charge is 0.365 e. The molecule has 3 heteroatoms. The molecule has 0 aliphatic heterocycles.